The van der Waals surface area contributed by atoms with Crippen LogP contribution in [0.4, 0.5) is 10.1 Å². The predicted molar refractivity (Wildman–Crippen MR) is 92.9 cm³/mol. The zero-order chi connectivity index (χ0) is 16.7. The van der Waals surface area contributed by atoms with E-state index in [1.165, 1.54) is 12.1 Å². The Bertz CT molecular complexity index is 705. The number of halogens is 1. The fourth-order valence-corrected chi connectivity index (χ4v) is 1.96. The molecule has 0 unspecified atom stereocenters. The topological polar surface area (TPSA) is 54.9 Å². The molecule has 2 rings (SSSR count). The number of benzene rings is 2. The van der Waals surface area contributed by atoms with Gasteiger partial charge in [-0.25, -0.2) is 4.39 Å². The van der Waals surface area contributed by atoms with E-state index in [-0.39, 0.29) is 10.9 Å². The van der Waals surface area contributed by atoms with Gasteiger partial charge in [0.05, 0.1) is 20.4 Å². The third kappa shape index (κ3) is 4.93. The van der Waals surface area contributed by atoms with Gasteiger partial charge in [0, 0.05) is 11.3 Å². The lowest BCUT2D eigenvalue weighted by Crippen LogP contribution is -2.23. The van der Waals surface area contributed by atoms with Crippen molar-refractivity contribution in [2.45, 2.75) is 0 Å². The van der Waals surface area contributed by atoms with Gasteiger partial charge in [-0.1, -0.05) is 0 Å². The van der Waals surface area contributed by atoms with Crippen molar-refractivity contribution in [3.8, 4) is 11.5 Å². The highest BCUT2D eigenvalue weighted by atomic mass is 32.1. The Morgan fingerprint density at radius 1 is 1.13 bits per heavy atom. The second-order valence-electron chi connectivity index (χ2n) is 4.44. The van der Waals surface area contributed by atoms with Gasteiger partial charge in [-0.05, 0) is 54.7 Å². The Hall–Kier alpha value is -2.67. The number of hydrogen-bond donors (Lipinski definition) is 2. The molecule has 0 aliphatic heterocycles. The van der Waals surface area contributed by atoms with Gasteiger partial charge in [-0.3, -0.25) is 5.43 Å². The molecule has 7 heteroatoms. The van der Waals surface area contributed by atoms with E-state index >= 15 is 0 Å². The average Bonchev–Trinajstić information content (AvgIpc) is 2.57. The summed E-state index contributed by atoms with van der Waals surface area (Å²) >= 11 is 5.11. The Kier molecular flexibility index (Phi) is 5.87. The van der Waals surface area contributed by atoms with E-state index in [4.69, 9.17) is 21.7 Å². The standard InChI is InChI=1S/C16H16FN3O2S/c1-21-14-7-8-15(22-2)11(9-14)10-18-20-16(23)19-13-5-3-12(17)4-6-13/h3-10H,1-2H3,(H2,19,20,23)/b18-10-. The van der Waals surface area contributed by atoms with Crippen molar-refractivity contribution in [3.63, 3.8) is 0 Å². The first-order chi connectivity index (χ1) is 11.1. The van der Waals surface area contributed by atoms with Gasteiger partial charge in [-0.2, -0.15) is 5.10 Å². The first-order valence-corrected chi connectivity index (χ1v) is 7.11. The van der Waals surface area contributed by atoms with E-state index < -0.39 is 0 Å². The third-order valence-electron chi connectivity index (χ3n) is 2.91. The minimum atomic E-state index is -0.308. The van der Waals surface area contributed by atoms with Crippen molar-refractivity contribution in [1.29, 1.82) is 0 Å². The van der Waals surface area contributed by atoms with Crippen LogP contribution in [0.5, 0.6) is 11.5 Å². The minimum Gasteiger partial charge on any atom is -0.497 e. The summed E-state index contributed by atoms with van der Waals surface area (Å²) in [5.74, 6) is 1.05. The lowest BCUT2D eigenvalue weighted by Gasteiger charge is -2.08. The van der Waals surface area contributed by atoms with Crippen LogP contribution in [0.25, 0.3) is 0 Å². The molecule has 0 aromatic heterocycles. The fourth-order valence-electron chi connectivity index (χ4n) is 1.79. The van der Waals surface area contributed by atoms with Crippen LogP contribution in [0.3, 0.4) is 0 Å². The molecule has 0 amide bonds. The first-order valence-electron chi connectivity index (χ1n) is 6.70. The normalized spacial score (nSPS) is 10.4. The van der Waals surface area contributed by atoms with Gasteiger partial charge in [0.25, 0.3) is 0 Å². The van der Waals surface area contributed by atoms with Crippen molar-refractivity contribution in [3.05, 3.63) is 53.8 Å². The summed E-state index contributed by atoms with van der Waals surface area (Å²) in [6.45, 7) is 0. The van der Waals surface area contributed by atoms with E-state index in [0.717, 1.165) is 5.56 Å². The summed E-state index contributed by atoms with van der Waals surface area (Å²) < 4.78 is 23.2. The number of hydrogen-bond acceptors (Lipinski definition) is 4. The molecular weight excluding hydrogens is 317 g/mol. The van der Waals surface area contributed by atoms with Gasteiger partial charge in [0.2, 0.25) is 0 Å². The molecule has 23 heavy (non-hydrogen) atoms. The van der Waals surface area contributed by atoms with Crippen LogP contribution >= 0.6 is 12.2 Å². The van der Waals surface area contributed by atoms with Crippen molar-refractivity contribution in [1.82, 2.24) is 5.43 Å². The molecule has 0 bridgehead atoms. The average molecular weight is 333 g/mol. The maximum absolute atomic E-state index is 12.8. The molecule has 0 fully saturated rings. The fraction of sp³-hybridized carbons (Fsp3) is 0.125. The molecule has 120 valence electrons. The summed E-state index contributed by atoms with van der Waals surface area (Å²) in [4.78, 5) is 0. The molecule has 0 saturated carbocycles. The molecule has 0 aliphatic carbocycles. The Balaban J connectivity index is 1.98. The van der Waals surface area contributed by atoms with E-state index in [1.54, 1.807) is 50.8 Å². The maximum Gasteiger partial charge on any atom is 0.191 e. The molecule has 5 nitrogen and oxygen atoms in total. The Morgan fingerprint density at radius 3 is 2.52 bits per heavy atom. The summed E-state index contributed by atoms with van der Waals surface area (Å²) in [5, 5.41) is 7.23. The number of ether oxygens (including phenoxy) is 2. The summed E-state index contributed by atoms with van der Waals surface area (Å²) in [5.41, 5.74) is 4.09. The molecule has 0 heterocycles. The molecule has 0 radical (unpaired) electrons. The second-order valence-corrected chi connectivity index (χ2v) is 4.85. The molecule has 0 saturated heterocycles. The van der Waals surface area contributed by atoms with Crippen LogP contribution in [0.1, 0.15) is 5.56 Å². The number of rotatable bonds is 5. The molecule has 2 N–H and O–H groups in total. The highest BCUT2D eigenvalue weighted by molar-refractivity contribution is 7.80. The molecule has 2 aromatic carbocycles. The van der Waals surface area contributed by atoms with Crippen LogP contribution in [0.2, 0.25) is 0 Å². The predicted octanol–water partition coefficient (Wildman–Crippen LogP) is 3.16. The van der Waals surface area contributed by atoms with E-state index in [1.807, 2.05) is 0 Å². The van der Waals surface area contributed by atoms with E-state index in [2.05, 4.69) is 15.8 Å². The highest BCUT2D eigenvalue weighted by Crippen LogP contribution is 2.22. The smallest absolute Gasteiger partial charge is 0.191 e. The van der Waals surface area contributed by atoms with Gasteiger partial charge < -0.3 is 14.8 Å². The zero-order valence-electron chi connectivity index (χ0n) is 12.7. The molecule has 2 aromatic rings. The summed E-state index contributed by atoms with van der Waals surface area (Å²) in [6.07, 6.45) is 1.57. The van der Waals surface area contributed by atoms with Crippen molar-refractivity contribution < 1.29 is 13.9 Å². The minimum absolute atomic E-state index is 0.287. The monoisotopic (exact) mass is 333 g/mol. The van der Waals surface area contributed by atoms with Gasteiger partial charge >= 0.3 is 0 Å². The lowest BCUT2D eigenvalue weighted by atomic mass is 10.2. The molecule has 0 spiro atoms. The van der Waals surface area contributed by atoms with E-state index in [0.29, 0.717) is 17.2 Å². The number of nitrogens with zero attached hydrogens (tertiary/aromatic N) is 1. The highest BCUT2D eigenvalue weighted by Gasteiger charge is 2.03. The zero-order valence-corrected chi connectivity index (χ0v) is 13.5. The van der Waals surface area contributed by atoms with Crippen molar-refractivity contribution >= 4 is 29.2 Å². The van der Waals surface area contributed by atoms with Gasteiger partial charge in [0.15, 0.2) is 5.11 Å². The first kappa shape index (κ1) is 16.7. The second kappa shape index (κ2) is 8.09. The lowest BCUT2D eigenvalue weighted by molar-refractivity contribution is 0.402. The van der Waals surface area contributed by atoms with Crippen molar-refractivity contribution in [2.24, 2.45) is 5.10 Å². The SMILES string of the molecule is COc1ccc(OC)c(/C=N\NC(=S)Nc2ccc(F)cc2)c1. The van der Waals surface area contributed by atoms with Gasteiger partial charge in [-0.15, -0.1) is 0 Å². The van der Waals surface area contributed by atoms with E-state index in [9.17, 15) is 4.39 Å². The van der Waals surface area contributed by atoms with Crippen LogP contribution in [0, 0.1) is 5.82 Å². The van der Waals surface area contributed by atoms with Crippen LogP contribution in [0.15, 0.2) is 47.6 Å². The molecule has 0 atom stereocenters. The van der Waals surface area contributed by atoms with Crippen LogP contribution < -0.4 is 20.2 Å². The number of nitrogens with one attached hydrogen (secondary N) is 2. The molecule has 0 aliphatic rings. The van der Waals surface area contributed by atoms with Crippen LogP contribution in [-0.2, 0) is 0 Å². The van der Waals surface area contributed by atoms with Crippen LogP contribution in [-0.4, -0.2) is 25.5 Å². The Morgan fingerprint density at radius 2 is 1.87 bits per heavy atom. The largest absolute Gasteiger partial charge is 0.497 e. The third-order valence-corrected chi connectivity index (χ3v) is 3.10. The molecular formula is C16H16FN3O2S. The summed E-state index contributed by atoms with van der Waals surface area (Å²) in [6, 6.07) is 11.2. The van der Waals surface area contributed by atoms with Gasteiger partial charge in [0.1, 0.15) is 17.3 Å². The maximum atomic E-state index is 12.8. The number of thiocarbonyl (C=S) groups is 1. The number of anilines is 1. The Labute approximate surface area is 139 Å². The van der Waals surface area contributed by atoms with Crippen molar-refractivity contribution in [2.75, 3.05) is 19.5 Å². The summed E-state index contributed by atoms with van der Waals surface area (Å²) in [7, 11) is 3.16. The quantitative estimate of drug-likeness (QED) is 0.500. The number of methoxy groups -OCH3 is 2. The number of hydrazone groups is 1.